The summed E-state index contributed by atoms with van der Waals surface area (Å²) in [7, 11) is 1.44. The largest absolute Gasteiger partial charge is 0.497 e. The first-order valence-corrected chi connectivity index (χ1v) is 8.40. The number of benzene rings is 1. The Bertz CT molecular complexity index is 835. The summed E-state index contributed by atoms with van der Waals surface area (Å²) >= 11 is 0. The van der Waals surface area contributed by atoms with Crippen molar-refractivity contribution in [3.05, 3.63) is 30.2 Å². The first-order chi connectivity index (χ1) is 12.5. The zero-order valence-electron chi connectivity index (χ0n) is 14.3. The van der Waals surface area contributed by atoms with Crippen LogP contribution in [0.5, 0.6) is 5.75 Å². The molecule has 2 amide bonds. The number of carbonyl (C=O) groups excluding carboxylic acids is 1. The molecule has 0 aliphatic heterocycles. The van der Waals surface area contributed by atoms with E-state index in [1.165, 1.54) is 19.4 Å². The molecule has 1 saturated carbocycles. The molecule has 0 saturated heterocycles. The molecule has 2 aromatic rings. The first kappa shape index (κ1) is 17.9. The number of rotatable bonds is 4. The van der Waals surface area contributed by atoms with E-state index >= 15 is 0 Å². The lowest BCUT2D eigenvalue weighted by atomic mass is 9.85. The molecule has 7 nitrogen and oxygen atoms in total. The standard InChI is InChI=1S/C18H20FN3O4/c1-26-12-8-13-15(6-7-20-16(13)14(19)9-12)22-17(23)10-2-4-11(5-3-10)21-18(24)25/h6-11,21H,2-5H2,1H3,(H,24,25)(H,20,22,23). The number of nitrogens with one attached hydrogen (secondary N) is 2. The van der Waals surface area contributed by atoms with Crippen LogP contribution in [0.3, 0.4) is 0 Å². The fourth-order valence-electron chi connectivity index (χ4n) is 3.32. The van der Waals surface area contributed by atoms with Crippen LogP contribution in [-0.2, 0) is 4.79 Å². The molecule has 1 heterocycles. The van der Waals surface area contributed by atoms with Crippen molar-refractivity contribution in [1.29, 1.82) is 0 Å². The first-order valence-electron chi connectivity index (χ1n) is 8.40. The second-order valence-corrected chi connectivity index (χ2v) is 6.35. The lowest BCUT2D eigenvalue weighted by molar-refractivity contribution is -0.120. The highest BCUT2D eigenvalue weighted by Crippen LogP contribution is 2.30. The zero-order valence-corrected chi connectivity index (χ0v) is 14.3. The van der Waals surface area contributed by atoms with Crippen molar-refractivity contribution < 1.29 is 23.8 Å². The molecule has 0 bridgehead atoms. The van der Waals surface area contributed by atoms with Crippen molar-refractivity contribution in [2.45, 2.75) is 31.7 Å². The van der Waals surface area contributed by atoms with Crippen molar-refractivity contribution in [1.82, 2.24) is 10.3 Å². The Morgan fingerprint density at radius 2 is 2.00 bits per heavy atom. The van der Waals surface area contributed by atoms with Crippen LogP contribution in [0.2, 0.25) is 0 Å². The van der Waals surface area contributed by atoms with E-state index < -0.39 is 11.9 Å². The highest BCUT2D eigenvalue weighted by Gasteiger charge is 2.27. The maximum atomic E-state index is 14.1. The van der Waals surface area contributed by atoms with Crippen LogP contribution in [-0.4, -0.2) is 35.2 Å². The quantitative estimate of drug-likeness (QED) is 0.777. The number of carbonyl (C=O) groups is 2. The van der Waals surface area contributed by atoms with Gasteiger partial charge in [0.15, 0.2) is 5.82 Å². The van der Waals surface area contributed by atoms with Crippen molar-refractivity contribution in [2.75, 3.05) is 12.4 Å². The van der Waals surface area contributed by atoms with E-state index in [1.54, 1.807) is 12.1 Å². The van der Waals surface area contributed by atoms with Gasteiger partial charge in [-0.25, -0.2) is 9.18 Å². The van der Waals surface area contributed by atoms with Crippen LogP contribution in [0.15, 0.2) is 24.4 Å². The fraction of sp³-hybridized carbons (Fsp3) is 0.389. The summed E-state index contributed by atoms with van der Waals surface area (Å²) in [5.74, 6) is -0.538. The van der Waals surface area contributed by atoms with Gasteiger partial charge in [-0.05, 0) is 37.8 Å². The molecule has 1 fully saturated rings. The van der Waals surface area contributed by atoms with E-state index in [9.17, 15) is 14.0 Å². The molecule has 8 heteroatoms. The van der Waals surface area contributed by atoms with E-state index in [1.807, 2.05) is 0 Å². The second-order valence-electron chi connectivity index (χ2n) is 6.35. The van der Waals surface area contributed by atoms with Gasteiger partial charge >= 0.3 is 6.09 Å². The molecular formula is C18H20FN3O4. The molecule has 1 aromatic carbocycles. The third kappa shape index (κ3) is 3.84. The summed E-state index contributed by atoms with van der Waals surface area (Å²) < 4.78 is 19.2. The van der Waals surface area contributed by atoms with Gasteiger partial charge in [0.1, 0.15) is 11.3 Å². The minimum atomic E-state index is -1.04. The van der Waals surface area contributed by atoms with Gasteiger partial charge in [-0.3, -0.25) is 9.78 Å². The Morgan fingerprint density at radius 1 is 1.27 bits per heavy atom. The summed E-state index contributed by atoms with van der Waals surface area (Å²) in [5.41, 5.74) is 0.640. The molecular weight excluding hydrogens is 341 g/mol. The average molecular weight is 361 g/mol. The summed E-state index contributed by atoms with van der Waals surface area (Å²) in [5, 5.41) is 14.5. The molecule has 0 atom stereocenters. The summed E-state index contributed by atoms with van der Waals surface area (Å²) in [6.45, 7) is 0. The molecule has 3 N–H and O–H groups in total. The third-order valence-electron chi connectivity index (χ3n) is 4.69. The molecule has 0 spiro atoms. The molecule has 1 aromatic heterocycles. The van der Waals surface area contributed by atoms with Crippen LogP contribution in [0.4, 0.5) is 14.9 Å². The van der Waals surface area contributed by atoms with Crippen LogP contribution < -0.4 is 15.4 Å². The highest BCUT2D eigenvalue weighted by atomic mass is 19.1. The van der Waals surface area contributed by atoms with Gasteiger partial charge < -0.3 is 20.5 Å². The number of methoxy groups -OCH3 is 1. The van der Waals surface area contributed by atoms with Gasteiger partial charge in [0.25, 0.3) is 0 Å². The minimum Gasteiger partial charge on any atom is -0.497 e. The van der Waals surface area contributed by atoms with E-state index in [-0.39, 0.29) is 23.4 Å². The zero-order chi connectivity index (χ0) is 18.7. The Morgan fingerprint density at radius 3 is 2.65 bits per heavy atom. The highest BCUT2D eigenvalue weighted by molar-refractivity contribution is 6.02. The lowest BCUT2D eigenvalue weighted by Gasteiger charge is -2.27. The molecule has 1 aliphatic carbocycles. The Balaban J connectivity index is 1.74. The summed E-state index contributed by atoms with van der Waals surface area (Å²) in [6.07, 6.45) is 2.82. The summed E-state index contributed by atoms with van der Waals surface area (Å²) in [4.78, 5) is 27.3. The van der Waals surface area contributed by atoms with Gasteiger partial charge in [-0.15, -0.1) is 0 Å². The third-order valence-corrected chi connectivity index (χ3v) is 4.69. The number of halogens is 1. The fourth-order valence-corrected chi connectivity index (χ4v) is 3.32. The maximum absolute atomic E-state index is 14.1. The second kappa shape index (κ2) is 7.55. The van der Waals surface area contributed by atoms with E-state index in [0.717, 1.165) is 0 Å². The Kier molecular flexibility index (Phi) is 5.20. The number of hydrogen-bond acceptors (Lipinski definition) is 4. The number of ether oxygens (including phenoxy) is 1. The minimum absolute atomic E-state index is 0.114. The van der Waals surface area contributed by atoms with Gasteiger partial charge in [0.05, 0.1) is 12.8 Å². The number of pyridine rings is 1. The molecule has 26 heavy (non-hydrogen) atoms. The molecule has 0 radical (unpaired) electrons. The molecule has 3 rings (SSSR count). The lowest BCUT2D eigenvalue weighted by Crippen LogP contribution is -2.38. The van der Waals surface area contributed by atoms with Crippen molar-refractivity contribution in [3.8, 4) is 5.75 Å². The number of amides is 2. The van der Waals surface area contributed by atoms with Gasteiger partial charge in [-0.2, -0.15) is 0 Å². The maximum Gasteiger partial charge on any atom is 0.404 e. The van der Waals surface area contributed by atoms with E-state index in [0.29, 0.717) is 42.5 Å². The topological polar surface area (TPSA) is 101 Å². The monoisotopic (exact) mass is 361 g/mol. The predicted octanol–water partition coefficient (Wildman–Crippen LogP) is 3.15. The predicted molar refractivity (Wildman–Crippen MR) is 93.8 cm³/mol. The Hall–Kier alpha value is -2.90. The van der Waals surface area contributed by atoms with Crippen LogP contribution in [0.25, 0.3) is 10.9 Å². The molecule has 1 aliphatic rings. The van der Waals surface area contributed by atoms with Crippen molar-refractivity contribution >= 4 is 28.6 Å². The summed E-state index contributed by atoms with van der Waals surface area (Å²) in [6, 6.07) is 4.39. The van der Waals surface area contributed by atoms with Crippen LogP contribution in [0, 0.1) is 11.7 Å². The number of carboxylic acid groups (broad SMARTS) is 1. The van der Waals surface area contributed by atoms with Gasteiger partial charge in [0.2, 0.25) is 5.91 Å². The van der Waals surface area contributed by atoms with E-state index in [4.69, 9.17) is 9.84 Å². The van der Waals surface area contributed by atoms with Crippen LogP contribution in [0.1, 0.15) is 25.7 Å². The van der Waals surface area contributed by atoms with Crippen molar-refractivity contribution in [3.63, 3.8) is 0 Å². The number of aromatic nitrogens is 1. The van der Waals surface area contributed by atoms with Crippen molar-refractivity contribution in [2.24, 2.45) is 5.92 Å². The normalized spacial score (nSPS) is 19.8. The Labute approximate surface area is 149 Å². The van der Waals surface area contributed by atoms with E-state index in [2.05, 4.69) is 15.6 Å². The van der Waals surface area contributed by atoms with Crippen LogP contribution >= 0.6 is 0 Å². The average Bonchev–Trinajstić information content (AvgIpc) is 2.62. The smallest absolute Gasteiger partial charge is 0.404 e. The number of hydrogen-bond donors (Lipinski definition) is 3. The molecule has 0 unspecified atom stereocenters. The number of fused-ring (bicyclic) bond motifs is 1. The van der Waals surface area contributed by atoms with Gasteiger partial charge in [0, 0.05) is 29.6 Å². The number of nitrogens with zero attached hydrogens (tertiary/aromatic N) is 1. The van der Waals surface area contributed by atoms with Gasteiger partial charge in [-0.1, -0.05) is 0 Å². The SMILES string of the molecule is COc1cc(F)c2nccc(NC(=O)C3CCC(NC(=O)O)CC3)c2c1. The number of anilines is 1. The molecule has 138 valence electrons.